The largest absolute Gasteiger partial charge is 0.382 e. The molecule has 4 aromatic carbocycles. The zero-order valence-corrected chi connectivity index (χ0v) is 32.8. The molecule has 2 aliphatic carbocycles. The number of nitrogens with one attached hydrogen (secondary N) is 4. The summed E-state index contributed by atoms with van der Waals surface area (Å²) in [5.41, 5.74) is 5.43. The number of hydrogen-bond donors (Lipinski definition) is 4. The highest BCUT2D eigenvalue weighted by Crippen LogP contribution is 2.34. The molecule has 0 bridgehead atoms. The van der Waals surface area contributed by atoms with Crippen molar-refractivity contribution in [1.29, 1.82) is 0 Å². The van der Waals surface area contributed by atoms with Crippen LogP contribution < -0.4 is 29.6 Å². The number of carbonyl (C=O) groups is 2. The summed E-state index contributed by atoms with van der Waals surface area (Å²) in [5.74, 6) is 0.159. The number of anilines is 4. The van der Waals surface area contributed by atoms with Gasteiger partial charge in [0.25, 0.3) is 0 Å². The Hall–Kier alpha value is -6.12. The smallest absolute Gasteiger partial charge is 0.323 e. The standard InChI is InChI=1S/C42H42N4O8S2/c1-29-19-23-41(3,24-20-29)55(49,50)53-37-9-5-7-35(27-37)45-39(47)43-33-15-11-31(12-16-33)32-13-17-34(18-14-32)44-40(48)46-36-8-6-10-38(28-36)54-56(51,52)42(4)25-21-30(2)22-26-42/h5-23,25,27-28H,24,26H2,1-4H3,(H2,43,45,47)(H2,44,46,48). The maximum absolute atomic E-state index is 13.1. The van der Waals surface area contributed by atoms with E-state index in [1.807, 2.05) is 50.3 Å². The predicted molar refractivity (Wildman–Crippen MR) is 221 cm³/mol. The van der Waals surface area contributed by atoms with Crippen LogP contribution in [0.15, 0.2) is 145 Å². The van der Waals surface area contributed by atoms with Gasteiger partial charge in [0.2, 0.25) is 0 Å². The lowest BCUT2D eigenvalue weighted by Gasteiger charge is -2.26. The van der Waals surface area contributed by atoms with Crippen LogP contribution in [0.2, 0.25) is 0 Å². The summed E-state index contributed by atoms with van der Waals surface area (Å²) >= 11 is 0. The molecule has 0 aromatic heterocycles. The quantitative estimate of drug-likeness (QED) is 0.109. The van der Waals surface area contributed by atoms with Crippen molar-refractivity contribution >= 4 is 55.0 Å². The van der Waals surface area contributed by atoms with Gasteiger partial charge in [-0.15, -0.1) is 0 Å². The minimum Gasteiger partial charge on any atom is -0.382 e. The highest BCUT2D eigenvalue weighted by Gasteiger charge is 2.40. The lowest BCUT2D eigenvalue weighted by atomic mass is 9.98. The molecule has 0 saturated carbocycles. The van der Waals surface area contributed by atoms with Crippen molar-refractivity contribution in [3.8, 4) is 22.6 Å². The molecule has 4 N–H and O–H groups in total. The Labute approximate surface area is 327 Å². The van der Waals surface area contributed by atoms with Crippen LogP contribution in [-0.4, -0.2) is 38.4 Å². The summed E-state index contributed by atoms with van der Waals surface area (Å²) in [6, 6.07) is 25.5. The summed E-state index contributed by atoms with van der Waals surface area (Å²) in [6.45, 7) is 7.00. The van der Waals surface area contributed by atoms with Gasteiger partial charge in [0.05, 0.1) is 0 Å². The van der Waals surface area contributed by atoms with Crippen LogP contribution in [0.25, 0.3) is 11.1 Å². The molecular formula is C42H42N4O8S2. The van der Waals surface area contributed by atoms with Gasteiger partial charge >= 0.3 is 32.3 Å². The van der Waals surface area contributed by atoms with E-state index in [0.29, 0.717) is 35.6 Å². The first kappa shape index (κ1) is 39.6. The Balaban J connectivity index is 0.994. The zero-order chi connectivity index (χ0) is 40.1. The molecule has 6 rings (SSSR count). The van der Waals surface area contributed by atoms with Gasteiger partial charge in [-0.2, -0.15) is 16.8 Å². The van der Waals surface area contributed by atoms with E-state index >= 15 is 0 Å². The van der Waals surface area contributed by atoms with E-state index in [0.717, 1.165) is 22.3 Å². The molecule has 290 valence electrons. The van der Waals surface area contributed by atoms with Crippen LogP contribution in [0.3, 0.4) is 0 Å². The number of carbonyl (C=O) groups excluding carboxylic acids is 2. The second-order valence-corrected chi connectivity index (χ2v) is 18.1. The number of allylic oxidation sites excluding steroid dienone is 6. The molecule has 56 heavy (non-hydrogen) atoms. The fourth-order valence-corrected chi connectivity index (χ4v) is 7.90. The predicted octanol–water partition coefficient (Wildman–Crippen LogP) is 9.39. The molecule has 4 aromatic rings. The Morgan fingerprint density at radius 2 is 0.893 bits per heavy atom. The Bertz CT molecular complexity index is 2320. The maximum Gasteiger partial charge on any atom is 0.323 e. The molecule has 2 unspecified atom stereocenters. The van der Waals surface area contributed by atoms with Gasteiger partial charge in [-0.05, 0) is 100 Å². The van der Waals surface area contributed by atoms with Crippen LogP contribution >= 0.6 is 0 Å². The van der Waals surface area contributed by atoms with E-state index in [2.05, 4.69) is 21.3 Å². The van der Waals surface area contributed by atoms with Crippen molar-refractivity contribution < 1.29 is 34.8 Å². The van der Waals surface area contributed by atoms with Crippen molar-refractivity contribution in [3.63, 3.8) is 0 Å². The number of amides is 4. The van der Waals surface area contributed by atoms with Crippen molar-refractivity contribution in [1.82, 2.24) is 0 Å². The summed E-state index contributed by atoms with van der Waals surface area (Å²) in [5, 5.41) is 10.9. The topological polar surface area (TPSA) is 169 Å². The van der Waals surface area contributed by atoms with E-state index < -0.39 is 41.8 Å². The van der Waals surface area contributed by atoms with E-state index in [1.54, 1.807) is 86.7 Å². The molecule has 0 radical (unpaired) electrons. The molecule has 0 spiro atoms. The fourth-order valence-electron chi connectivity index (χ4n) is 5.76. The average molecular weight is 795 g/mol. The van der Waals surface area contributed by atoms with Crippen LogP contribution in [0.5, 0.6) is 11.5 Å². The lowest BCUT2D eigenvalue weighted by Crippen LogP contribution is -2.37. The summed E-state index contributed by atoms with van der Waals surface area (Å²) in [7, 11) is -8.03. The molecule has 12 nitrogen and oxygen atoms in total. The molecule has 4 amide bonds. The third-order valence-corrected chi connectivity index (χ3v) is 13.1. The maximum atomic E-state index is 13.1. The van der Waals surface area contributed by atoms with Crippen LogP contribution in [0.1, 0.15) is 40.5 Å². The third-order valence-electron chi connectivity index (χ3n) is 9.41. The molecule has 0 fully saturated rings. The first-order chi connectivity index (χ1) is 26.5. The summed E-state index contributed by atoms with van der Waals surface area (Å²) in [6.07, 6.45) is 11.0. The first-order valence-corrected chi connectivity index (χ1v) is 20.5. The first-order valence-electron chi connectivity index (χ1n) is 17.7. The van der Waals surface area contributed by atoms with Crippen molar-refractivity contribution in [2.75, 3.05) is 21.3 Å². The van der Waals surface area contributed by atoms with Crippen LogP contribution in [0.4, 0.5) is 32.3 Å². The highest BCUT2D eigenvalue weighted by atomic mass is 32.2. The molecule has 2 aliphatic rings. The molecule has 14 heteroatoms. The SMILES string of the molecule is CC1=CCC(C)(S(=O)(=O)Oc2cccc(NC(=O)Nc3ccc(-c4ccc(NC(=O)Nc5cccc(OS(=O)(=O)C6(C)C=CC(C)=CC6)c5)cc4)cc3)c2)C=C1. The van der Waals surface area contributed by atoms with Crippen molar-refractivity contribution in [2.24, 2.45) is 0 Å². The number of rotatable bonds is 11. The van der Waals surface area contributed by atoms with Gasteiger partial charge in [-0.1, -0.05) is 84.0 Å². The van der Waals surface area contributed by atoms with E-state index in [4.69, 9.17) is 8.37 Å². The lowest BCUT2D eigenvalue weighted by molar-refractivity contribution is 0.261. The van der Waals surface area contributed by atoms with Gasteiger partial charge in [0, 0.05) is 34.9 Å². The van der Waals surface area contributed by atoms with Gasteiger partial charge < -0.3 is 29.6 Å². The molecule has 2 atom stereocenters. The van der Waals surface area contributed by atoms with Crippen molar-refractivity contribution in [3.05, 3.63) is 145 Å². The van der Waals surface area contributed by atoms with E-state index in [1.165, 1.54) is 24.3 Å². The van der Waals surface area contributed by atoms with E-state index in [9.17, 15) is 26.4 Å². The minimum absolute atomic E-state index is 0.0793. The number of hydrogen-bond acceptors (Lipinski definition) is 8. The number of urea groups is 2. The molecule has 0 aliphatic heterocycles. The van der Waals surface area contributed by atoms with Crippen LogP contribution in [-0.2, 0) is 20.2 Å². The molecule has 0 saturated heterocycles. The van der Waals surface area contributed by atoms with E-state index in [-0.39, 0.29) is 11.5 Å². The normalized spacial score (nSPS) is 19.2. The van der Waals surface area contributed by atoms with Gasteiger partial charge in [-0.25, -0.2) is 9.59 Å². The Morgan fingerprint density at radius 3 is 1.23 bits per heavy atom. The van der Waals surface area contributed by atoms with Gasteiger partial charge in [0.15, 0.2) is 0 Å². The summed E-state index contributed by atoms with van der Waals surface area (Å²) < 4.78 is 60.7. The zero-order valence-electron chi connectivity index (χ0n) is 31.2. The fraction of sp³-hybridized carbons (Fsp3) is 0.190. The highest BCUT2D eigenvalue weighted by molar-refractivity contribution is 7.89. The van der Waals surface area contributed by atoms with Crippen molar-refractivity contribution in [2.45, 2.75) is 50.0 Å². The number of benzene rings is 4. The average Bonchev–Trinajstić information content (AvgIpc) is 3.14. The second kappa shape index (κ2) is 15.9. The molecule has 0 heterocycles. The third kappa shape index (κ3) is 9.39. The minimum atomic E-state index is -4.01. The Kier molecular flexibility index (Phi) is 11.3. The van der Waals surface area contributed by atoms with Gasteiger partial charge in [0.1, 0.15) is 21.0 Å². The van der Waals surface area contributed by atoms with Crippen LogP contribution in [0, 0.1) is 0 Å². The molecular weight excluding hydrogens is 753 g/mol. The second-order valence-electron chi connectivity index (χ2n) is 14.0. The Morgan fingerprint density at radius 1 is 0.536 bits per heavy atom. The monoisotopic (exact) mass is 794 g/mol. The van der Waals surface area contributed by atoms with Gasteiger partial charge in [-0.3, -0.25) is 0 Å². The summed E-state index contributed by atoms with van der Waals surface area (Å²) in [4.78, 5) is 25.6.